The van der Waals surface area contributed by atoms with E-state index in [2.05, 4.69) is 0 Å². The summed E-state index contributed by atoms with van der Waals surface area (Å²) in [5, 5.41) is 18.8. The molecule has 0 fully saturated rings. The van der Waals surface area contributed by atoms with Gasteiger partial charge in [-0.05, 0) is 24.6 Å². The van der Waals surface area contributed by atoms with Gasteiger partial charge in [-0.2, -0.15) is 0 Å². The molecule has 6 heteroatoms. The summed E-state index contributed by atoms with van der Waals surface area (Å²) in [7, 11) is 0. The Morgan fingerprint density at radius 1 is 1.17 bits per heavy atom. The second-order valence-corrected chi connectivity index (χ2v) is 3.83. The molecule has 0 atom stereocenters. The predicted octanol–water partition coefficient (Wildman–Crippen LogP) is 0.828. The number of aryl methyl sites for hydroxylation is 1. The van der Waals surface area contributed by atoms with Gasteiger partial charge in [0.15, 0.2) is 5.75 Å². The SMILES string of the molecule is Cc1cc(C(=O)O)c(O)c(N2C(=O)C=CC2=O)c1. The number of aromatic hydroxyl groups is 1. The van der Waals surface area contributed by atoms with Gasteiger partial charge in [0.05, 0.1) is 5.69 Å². The van der Waals surface area contributed by atoms with Crippen molar-refractivity contribution in [1.29, 1.82) is 0 Å². The Labute approximate surface area is 102 Å². The molecule has 1 aromatic rings. The van der Waals surface area contributed by atoms with Gasteiger partial charge in [0, 0.05) is 12.2 Å². The summed E-state index contributed by atoms with van der Waals surface area (Å²) < 4.78 is 0. The van der Waals surface area contributed by atoms with Gasteiger partial charge in [0.1, 0.15) is 5.56 Å². The molecule has 92 valence electrons. The van der Waals surface area contributed by atoms with E-state index in [0.29, 0.717) is 5.56 Å². The minimum atomic E-state index is -1.33. The van der Waals surface area contributed by atoms with E-state index in [4.69, 9.17) is 5.11 Å². The Morgan fingerprint density at radius 3 is 2.22 bits per heavy atom. The molecule has 2 rings (SSSR count). The highest BCUT2D eigenvalue weighted by Gasteiger charge is 2.29. The molecule has 0 saturated carbocycles. The largest absolute Gasteiger partial charge is 0.505 e. The van der Waals surface area contributed by atoms with Crippen LogP contribution in [0.3, 0.4) is 0 Å². The average molecular weight is 247 g/mol. The first-order valence-electron chi connectivity index (χ1n) is 5.05. The van der Waals surface area contributed by atoms with Crippen LogP contribution in [0.2, 0.25) is 0 Å². The minimum absolute atomic E-state index is 0.118. The van der Waals surface area contributed by atoms with E-state index >= 15 is 0 Å². The number of carbonyl (C=O) groups excluding carboxylic acids is 2. The number of carbonyl (C=O) groups is 3. The van der Waals surface area contributed by atoms with Crippen LogP contribution in [0.5, 0.6) is 5.75 Å². The first-order chi connectivity index (χ1) is 8.41. The van der Waals surface area contributed by atoms with Crippen LogP contribution in [0.15, 0.2) is 24.3 Å². The van der Waals surface area contributed by atoms with Gasteiger partial charge >= 0.3 is 5.97 Å². The Hall–Kier alpha value is -2.63. The third kappa shape index (κ3) is 1.73. The van der Waals surface area contributed by atoms with E-state index in [-0.39, 0.29) is 11.3 Å². The van der Waals surface area contributed by atoms with Crippen molar-refractivity contribution in [3.8, 4) is 5.75 Å². The van der Waals surface area contributed by atoms with Gasteiger partial charge in [0.25, 0.3) is 11.8 Å². The van der Waals surface area contributed by atoms with E-state index in [1.165, 1.54) is 12.1 Å². The number of phenols is 1. The summed E-state index contributed by atoms with van der Waals surface area (Å²) in [5.74, 6) is -3.16. The second-order valence-electron chi connectivity index (χ2n) is 3.83. The van der Waals surface area contributed by atoms with E-state index < -0.39 is 23.5 Å². The van der Waals surface area contributed by atoms with Crippen molar-refractivity contribution in [1.82, 2.24) is 0 Å². The number of hydrogen-bond donors (Lipinski definition) is 2. The van der Waals surface area contributed by atoms with Gasteiger partial charge in [0.2, 0.25) is 0 Å². The molecule has 1 aromatic carbocycles. The summed E-state index contributed by atoms with van der Waals surface area (Å²) in [5.41, 5.74) is 0.0533. The van der Waals surface area contributed by atoms with Gasteiger partial charge in [-0.25, -0.2) is 9.69 Å². The minimum Gasteiger partial charge on any atom is -0.505 e. The lowest BCUT2D eigenvalue weighted by molar-refractivity contribution is -0.120. The van der Waals surface area contributed by atoms with Crippen LogP contribution in [0.4, 0.5) is 5.69 Å². The third-order valence-corrected chi connectivity index (χ3v) is 2.51. The third-order valence-electron chi connectivity index (χ3n) is 2.51. The van der Waals surface area contributed by atoms with Crippen LogP contribution >= 0.6 is 0 Å². The molecule has 0 bridgehead atoms. The zero-order valence-electron chi connectivity index (χ0n) is 9.38. The molecule has 2 N–H and O–H groups in total. The summed E-state index contributed by atoms with van der Waals surface area (Å²) in [6, 6.07) is 2.64. The molecule has 1 aliphatic rings. The van der Waals surface area contributed by atoms with Gasteiger partial charge in [-0.3, -0.25) is 9.59 Å². The number of benzene rings is 1. The fourth-order valence-corrected chi connectivity index (χ4v) is 1.73. The van der Waals surface area contributed by atoms with Crippen molar-refractivity contribution in [2.45, 2.75) is 6.92 Å². The molecule has 0 radical (unpaired) electrons. The summed E-state index contributed by atoms with van der Waals surface area (Å²) in [4.78, 5) is 34.7. The Balaban J connectivity index is 2.62. The van der Waals surface area contributed by atoms with E-state index in [9.17, 15) is 19.5 Å². The second kappa shape index (κ2) is 3.99. The maximum atomic E-state index is 11.5. The van der Waals surface area contributed by atoms with Crippen LogP contribution in [0.25, 0.3) is 0 Å². The molecule has 0 spiro atoms. The smallest absolute Gasteiger partial charge is 0.339 e. The zero-order valence-corrected chi connectivity index (χ0v) is 9.38. The first-order valence-corrected chi connectivity index (χ1v) is 5.05. The zero-order chi connectivity index (χ0) is 13.4. The van der Waals surface area contributed by atoms with Crippen molar-refractivity contribution in [2.24, 2.45) is 0 Å². The highest BCUT2D eigenvalue weighted by molar-refractivity contribution is 6.28. The summed E-state index contributed by atoms with van der Waals surface area (Å²) in [6.45, 7) is 1.60. The number of aromatic carboxylic acids is 1. The van der Waals surface area contributed by atoms with Crippen LogP contribution in [0, 0.1) is 6.92 Å². The Bertz CT molecular complexity index is 585. The first kappa shape index (κ1) is 11.8. The predicted molar refractivity (Wildman–Crippen MR) is 61.4 cm³/mol. The molecule has 1 heterocycles. The lowest BCUT2D eigenvalue weighted by Gasteiger charge is -2.17. The number of carboxylic acids is 1. The van der Waals surface area contributed by atoms with E-state index in [0.717, 1.165) is 17.1 Å². The Morgan fingerprint density at radius 2 is 1.72 bits per heavy atom. The number of hydrogen-bond acceptors (Lipinski definition) is 4. The molecule has 6 nitrogen and oxygen atoms in total. The molecule has 2 amide bonds. The van der Waals surface area contributed by atoms with Crippen LogP contribution < -0.4 is 4.90 Å². The molecule has 0 aliphatic carbocycles. The fraction of sp³-hybridized carbons (Fsp3) is 0.0833. The van der Waals surface area contributed by atoms with Crippen molar-refractivity contribution in [2.75, 3.05) is 4.90 Å². The quantitative estimate of drug-likeness (QED) is 0.754. The molecular weight excluding hydrogens is 238 g/mol. The Kier molecular flexibility index (Phi) is 2.63. The average Bonchev–Trinajstić information content (AvgIpc) is 2.61. The van der Waals surface area contributed by atoms with E-state index in [1.807, 2.05) is 0 Å². The van der Waals surface area contributed by atoms with Gasteiger partial charge in [-0.1, -0.05) is 0 Å². The maximum Gasteiger partial charge on any atom is 0.339 e. The molecule has 0 unspecified atom stereocenters. The molecule has 0 saturated heterocycles. The van der Waals surface area contributed by atoms with Crippen LogP contribution in [0.1, 0.15) is 15.9 Å². The van der Waals surface area contributed by atoms with Crippen LogP contribution in [-0.2, 0) is 9.59 Å². The molecule has 1 aliphatic heterocycles. The maximum absolute atomic E-state index is 11.5. The molecule has 0 aromatic heterocycles. The lowest BCUT2D eigenvalue weighted by Crippen LogP contribution is -2.30. The number of imide groups is 1. The molecular formula is C12H9NO5. The number of anilines is 1. The summed E-state index contributed by atoms with van der Waals surface area (Å²) in [6.07, 6.45) is 2.12. The number of amides is 2. The lowest BCUT2D eigenvalue weighted by atomic mass is 10.1. The number of nitrogens with zero attached hydrogens (tertiary/aromatic N) is 1. The highest BCUT2D eigenvalue weighted by Crippen LogP contribution is 2.34. The molecule has 18 heavy (non-hydrogen) atoms. The number of rotatable bonds is 2. The monoisotopic (exact) mass is 247 g/mol. The van der Waals surface area contributed by atoms with Crippen molar-refractivity contribution in [3.63, 3.8) is 0 Å². The van der Waals surface area contributed by atoms with Crippen molar-refractivity contribution >= 4 is 23.5 Å². The van der Waals surface area contributed by atoms with Gasteiger partial charge in [-0.15, -0.1) is 0 Å². The fourth-order valence-electron chi connectivity index (χ4n) is 1.73. The number of carboxylic acid groups (broad SMARTS) is 1. The van der Waals surface area contributed by atoms with Crippen LogP contribution in [-0.4, -0.2) is 28.0 Å². The topological polar surface area (TPSA) is 94.9 Å². The van der Waals surface area contributed by atoms with Crippen molar-refractivity contribution < 1.29 is 24.6 Å². The van der Waals surface area contributed by atoms with E-state index in [1.54, 1.807) is 6.92 Å². The standard InChI is InChI=1S/C12H9NO5/c1-6-4-7(12(17)18)11(16)8(5-6)13-9(14)2-3-10(13)15/h2-5,16H,1H3,(H,17,18). The normalized spacial score (nSPS) is 14.4. The van der Waals surface area contributed by atoms with Crippen molar-refractivity contribution in [3.05, 3.63) is 35.4 Å². The summed E-state index contributed by atoms with van der Waals surface area (Å²) >= 11 is 0. The van der Waals surface area contributed by atoms with Gasteiger partial charge < -0.3 is 10.2 Å². The highest BCUT2D eigenvalue weighted by atomic mass is 16.4.